The second-order valence-corrected chi connectivity index (χ2v) is 7.91. The molecule has 0 aliphatic rings. The van der Waals surface area contributed by atoms with Gasteiger partial charge < -0.3 is 15.1 Å². The molecule has 0 saturated heterocycles. The molecule has 6 nitrogen and oxygen atoms in total. The zero-order chi connectivity index (χ0) is 22.3. The zero-order valence-corrected chi connectivity index (χ0v) is 19.0. The van der Waals surface area contributed by atoms with Gasteiger partial charge in [-0.05, 0) is 50.2 Å². The molecule has 0 aromatic heterocycles. The first-order valence-corrected chi connectivity index (χ1v) is 10.3. The lowest BCUT2D eigenvalue weighted by Crippen LogP contribution is -2.47. The van der Waals surface area contributed by atoms with E-state index < -0.39 is 0 Å². The number of nitrogens with zero attached hydrogens (tertiary/aromatic N) is 3. The van der Waals surface area contributed by atoms with Crippen LogP contribution in [0.4, 0.5) is 11.4 Å². The highest BCUT2D eigenvalue weighted by Gasteiger charge is 2.24. The van der Waals surface area contributed by atoms with Crippen molar-refractivity contribution in [3.63, 3.8) is 0 Å². The number of likely N-dealkylation sites (N-methyl/N-ethyl adjacent to an activating group) is 2. The van der Waals surface area contributed by atoms with Crippen molar-refractivity contribution in [1.29, 1.82) is 0 Å². The van der Waals surface area contributed by atoms with Crippen LogP contribution in [0.2, 0.25) is 0 Å². The van der Waals surface area contributed by atoms with E-state index in [1.165, 1.54) is 4.90 Å². The lowest BCUT2D eigenvalue weighted by molar-refractivity contribution is -0.137. The van der Waals surface area contributed by atoms with Gasteiger partial charge in [-0.2, -0.15) is 0 Å². The number of carbonyl (C=O) groups is 2. The Bertz CT molecular complexity index is 831. The molecule has 2 amide bonds. The third-order valence-electron chi connectivity index (χ3n) is 5.24. The summed E-state index contributed by atoms with van der Waals surface area (Å²) in [4.78, 5) is 30.9. The second-order valence-electron chi connectivity index (χ2n) is 7.91. The summed E-state index contributed by atoms with van der Waals surface area (Å²) < 4.78 is 0. The normalized spacial score (nSPS) is 11.8. The van der Waals surface area contributed by atoms with Crippen LogP contribution in [-0.2, 0) is 16.1 Å². The molecule has 0 bridgehead atoms. The molecule has 2 rings (SSSR count). The number of aryl methyl sites for hydroxylation is 1. The summed E-state index contributed by atoms with van der Waals surface area (Å²) in [6, 6.07) is 15.6. The maximum atomic E-state index is 12.9. The second kappa shape index (κ2) is 10.8. The summed E-state index contributed by atoms with van der Waals surface area (Å²) in [5.41, 5.74) is 4.16. The Kier molecular flexibility index (Phi) is 8.42. The molecule has 1 N–H and O–H groups in total. The smallest absolute Gasteiger partial charge is 0.243 e. The average Bonchev–Trinajstić information content (AvgIpc) is 2.72. The van der Waals surface area contributed by atoms with Crippen molar-refractivity contribution in [3.8, 4) is 0 Å². The fourth-order valence-electron chi connectivity index (χ4n) is 3.26. The lowest BCUT2D eigenvalue weighted by atomic mass is 10.1. The summed E-state index contributed by atoms with van der Waals surface area (Å²) in [7, 11) is 5.70. The van der Waals surface area contributed by atoms with E-state index >= 15 is 0 Å². The van der Waals surface area contributed by atoms with Crippen LogP contribution in [0.1, 0.15) is 25.0 Å². The van der Waals surface area contributed by atoms with Gasteiger partial charge in [0.15, 0.2) is 0 Å². The summed E-state index contributed by atoms with van der Waals surface area (Å²) in [5, 5.41) is 2.84. The first-order valence-electron chi connectivity index (χ1n) is 10.3. The highest BCUT2D eigenvalue weighted by Crippen LogP contribution is 2.15. The van der Waals surface area contributed by atoms with Crippen LogP contribution in [0.3, 0.4) is 0 Å². The van der Waals surface area contributed by atoms with E-state index in [9.17, 15) is 9.59 Å². The Morgan fingerprint density at radius 3 is 2.10 bits per heavy atom. The van der Waals surface area contributed by atoms with Crippen LogP contribution in [0.25, 0.3) is 0 Å². The molecule has 30 heavy (non-hydrogen) atoms. The number of hydrogen-bond acceptors (Lipinski definition) is 4. The van der Waals surface area contributed by atoms with Gasteiger partial charge >= 0.3 is 0 Å². The van der Waals surface area contributed by atoms with Crippen LogP contribution < -0.4 is 10.2 Å². The van der Waals surface area contributed by atoms with E-state index in [1.807, 2.05) is 59.1 Å². The standard InChI is InChI=1S/C24H34N4O2/c1-7-28(16-20-10-14-22(15-11-20)26(4)5)19(3)24(30)27(6)17-23(29)25-21-12-8-18(2)9-13-21/h8-15,19H,7,16-17H2,1-6H3,(H,25,29)/t19-/m1/s1. The van der Waals surface area contributed by atoms with Gasteiger partial charge in [0.25, 0.3) is 0 Å². The van der Waals surface area contributed by atoms with E-state index in [1.54, 1.807) is 7.05 Å². The van der Waals surface area contributed by atoms with Crippen molar-refractivity contribution in [1.82, 2.24) is 9.80 Å². The SMILES string of the molecule is CCN(Cc1ccc(N(C)C)cc1)[C@H](C)C(=O)N(C)CC(=O)Nc1ccc(C)cc1. The molecule has 0 aliphatic heterocycles. The molecule has 2 aromatic carbocycles. The number of hydrogen-bond donors (Lipinski definition) is 1. The maximum Gasteiger partial charge on any atom is 0.243 e. The summed E-state index contributed by atoms with van der Waals surface area (Å²) in [6.07, 6.45) is 0. The molecule has 2 aromatic rings. The summed E-state index contributed by atoms with van der Waals surface area (Å²) in [5.74, 6) is -0.273. The molecular formula is C24H34N4O2. The first-order chi connectivity index (χ1) is 14.2. The molecule has 0 aliphatic carbocycles. The van der Waals surface area contributed by atoms with E-state index in [2.05, 4.69) is 39.4 Å². The third kappa shape index (κ3) is 6.59. The molecule has 0 unspecified atom stereocenters. The fraction of sp³-hybridized carbons (Fsp3) is 0.417. The number of rotatable bonds is 9. The highest BCUT2D eigenvalue weighted by atomic mass is 16.2. The van der Waals surface area contributed by atoms with Crippen LogP contribution in [-0.4, -0.2) is 61.9 Å². The van der Waals surface area contributed by atoms with Crippen molar-refractivity contribution < 1.29 is 9.59 Å². The number of carbonyl (C=O) groups excluding carboxylic acids is 2. The monoisotopic (exact) mass is 410 g/mol. The number of amides is 2. The van der Waals surface area contributed by atoms with Gasteiger partial charge in [0.05, 0.1) is 12.6 Å². The van der Waals surface area contributed by atoms with Gasteiger partial charge in [0.1, 0.15) is 0 Å². The molecule has 0 spiro atoms. The van der Waals surface area contributed by atoms with Gasteiger partial charge in [-0.1, -0.05) is 36.8 Å². The Morgan fingerprint density at radius 2 is 1.57 bits per heavy atom. The van der Waals surface area contributed by atoms with Gasteiger partial charge in [-0.3, -0.25) is 14.5 Å². The first kappa shape index (κ1) is 23.4. The number of benzene rings is 2. The molecule has 162 valence electrons. The zero-order valence-electron chi connectivity index (χ0n) is 19.0. The molecule has 0 fully saturated rings. The minimum absolute atomic E-state index is 0.0200. The van der Waals surface area contributed by atoms with Crippen LogP contribution in [0.15, 0.2) is 48.5 Å². The Morgan fingerprint density at radius 1 is 0.967 bits per heavy atom. The van der Waals surface area contributed by atoms with Gasteiger partial charge in [-0.15, -0.1) is 0 Å². The highest BCUT2D eigenvalue weighted by molar-refractivity contribution is 5.95. The summed E-state index contributed by atoms with van der Waals surface area (Å²) in [6.45, 7) is 7.38. The molecule has 1 atom stereocenters. The van der Waals surface area contributed by atoms with E-state index in [0.717, 1.165) is 29.0 Å². The van der Waals surface area contributed by atoms with Crippen molar-refractivity contribution >= 4 is 23.2 Å². The minimum Gasteiger partial charge on any atom is -0.378 e. The predicted molar refractivity (Wildman–Crippen MR) is 124 cm³/mol. The van der Waals surface area contributed by atoms with E-state index in [0.29, 0.717) is 6.54 Å². The Labute approximate surface area is 180 Å². The summed E-state index contributed by atoms with van der Waals surface area (Å²) >= 11 is 0. The lowest BCUT2D eigenvalue weighted by Gasteiger charge is -2.30. The van der Waals surface area contributed by atoms with Crippen LogP contribution >= 0.6 is 0 Å². The van der Waals surface area contributed by atoms with Crippen molar-refractivity contribution in [2.75, 3.05) is 44.4 Å². The average molecular weight is 411 g/mol. The molecule has 0 heterocycles. The molecular weight excluding hydrogens is 376 g/mol. The number of nitrogens with one attached hydrogen (secondary N) is 1. The van der Waals surface area contributed by atoms with Gasteiger partial charge in [-0.25, -0.2) is 0 Å². The van der Waals surface area contributed by atoms with Gasteiger partial charge in [0.2, 0.25) is 11.8 Å². The maximum absolute atomic E-state index is 12.9. The third-order valence-corrected chi connectivity index (χ3v) is 5.24. The topological polar surface area (TPSA) is 55.9 Å². The largest absolute Gasteiger partial charge is 0.378 e. The minimum atomic E-state index is -0.319. The fourth-order valence-corrected chi connectivity index (χ4v) is 3.26. The van der Waals surface area contributed by atoms with Crippen molar-refractivity contribution in [2.24, 2.45) is 0 Å². The quantitative estimate of drug-likeness (QED) is 0.689. The number of anilines is 2. The predicted octanol–water partition coefficient (Wildman–Crippen LogP) is 3.37. The van der Waals surface area contributed by atoms with Crippen LogP contribution in [0, 0.1) is 6.92 Å². The van der Waals surface area contributed by atoms with E-state index in [4.69, 9.17) is 0 Å². The van der Waals surface area contributed by atoms with Gasteiger partial charge in [0, 0.05) is 39.1 Å². The van der Waals surface area contributed by atoms with Crippen molar-refractivity contribution in [3.05, 3.63) is 59.7 Å². The molecule has 6 heteroatoms. The van der Waals surface area contributed by atoms with E-state index in [-0.39, 0.29) is 24.4 Å². The molecule has 0 saturated carbocycles. The Hall–Kier alpha value is -2.86. The molecule has 0 radical (unpaired) electrons. The van der Waals surface area contributed by atoms with Crippen LogP contribution in [0.5, 0.6) is 0 Å². The van der Waals surface area contributed by atoms with Crippen molar-refractivity contribution in [2.45, 2.75) is 33.4 Å². The Balaban J connectivity index is 1.93.